The van der Waals surface area contributed by atoms with Crippen molar-refractivity contribution in [3.8, 4) is 17.6 Å². The van der Waals surface area contributed by atoms with E-state index in [1.54, 1.807) is 12.1 Å². The number of carboxylic acid groups (broad SMARTS) is 1. The first-order chi connectivity index (χ1) is 10.1. The summed E-state index contributed by atoms with van der Waals surface area (Å²) in [6, 6.07) is 6.44. The highest BCUT2D eigenvalue weighted by Crippen LogP contribution is 2.32. The second-order valence-corrected chi connectivity index (χ2v) is 5.14. The largest absolute Gasteiger partial charge is 0.504 e. The van der Waals surface area contributed by atoms with Crippen LogP contribution in [0.15, 0.2) is 18.2 Å². The monoisotopic (exact) mass is 290 g/mol. The van der Waals surface area contributed by atoms with Gasteiger partial charge in [-0.3, -0.25) is 9.69 Å². The number of nitrogens with zero attached hydrogens (tertiary/aromatic N) is 2. The fourth-order valence-electron chi connectivity index (χ4n) is 2.67. The number of hydrogen-bond donors (Lipinski definition) is 2. The minimum absolute atomic E-state index is 0.0139. The maximum absolute atomic E-state index is 11.1. The summed E-state index contributed by atoms with van der Waals surface area (Å²) < 4.78 is 5.05. The van der Waals surface area contributed by atoms with Gasteiger partial charge >= 0.3 is 5.97 Å². The quantitative estimate of drug-likeness (QED) is 0.877. The molecule has 0 bridgehead atoms. The van der Waals surface area contributed by atoms with Crippen LogP contribution in [-0.2, 0) is 4.79 Å². The number of methoxy groups -OCH3 is 1. The normalized spacial score (nSPS) is 20.5. The van der Waals surface area contributed by atoms with Crippen LogP contribution in [0.3, 0.4) is 0 Å². The smallest absolute Gasteiger partial charge is 0.307 e. The van der Waals surface area contributed by atoms with Gasteiger partial charge in [0.05, 0.1) is 19.1 Å². The van der Waals surface area contributed by atoms with Crippen molar-refractivity contribution in [1.29, 1.82) is 5.26 Å². The van der Waals surface area contributed by atoms with E-state index in [4.69, 9.17) is 9.84 Å². The number of piperidine rings is 1. The van der Waals surface area contributed by atoms with Crippen LogP contribution < -0.4 is 4.74 Å². The van der Waals surface area contributed by atoms with Crippen molar-refractivity contribution < 1.29 is 19.7 Å². The summed E-state index contributed by atoms with van der Waals surface area (Å²) in [6.07, 6.45) is 1.40. The molecule has 1 aliphatic heterocycles. The highest BCUT2D eigenvalue weighted by molar-refractivity contribution is 5.70. The molecule has 6 heteroatoms. The van der Waals surface area contributed by atoms with Crippen LogP contribution in [0.2, 0.25) is 0 Å². The first-order valence-corrected chi connectivity index (χ1v) is 6.80. The predicted octanol–water partition coefficient (Wildman–Crippen LogP) is 1.76. The summed E-state index contributed by atoms with van der Waals surface area (Å²) >= 11 is 0. The van der Waals surface area contributed by atoms with Gasteiger partial charge in [-0.2, -0.15) is 5.26 Å². The first kappa shape index (κ1) is 15.1. The second-order valence-electron chi connectivity index (χ2n) is 5.14. The predicted molar refractivity (Wildman–Crippen MR) is 74.9 cm³/mol. The number of carboxylic acids is 1. The maximum Gasteiger partial charge on any atom is 0.307 e. The molecule has 0 saturated carbocycles. The molecule has 2 N–H and O–H groups in total. The SMILES string of the molecule is COc1cc(C(C#N)N2CCCC(C(=O)O)C2)ccc1O. The lowest BCUT2D eigenvalue weighted by Crippen LogP contribution is -2.40. The molecule has 0 aliphatic carbocycles. The van der Waals surface area contributed by atoms with Gasteiger partial charge in [0, 0.05) is 6.54 Å². The van der Waals surface area contributed by atoms with Crippen LogP contribution >= 0.6 is 0 Å². The van der Waals surface area contributed by atoms with Crippen LogP contribution in [0, 0.1) is 17.2 Å². The summed E-state index contributed by atoms with van der Waals surface area (Å²) in [5, 5.41) is 28.2. The Morgan fingerprint density at radius 1 is 1.57 bits per heavy atom. The van der Waals surface area contributed by atoms with Crippen molar-refractivity contribution in [2.45, 2.75) is 18.9 Å². The van der Waals surface area contributed by atoms with Crippen molar-refractivity contribution in [2.24, 2.45) is 5.92 Å². The van der Waals surface area contributed by atoms with E-state index in [1.165, 1.54) is 13.2 Å². The Bertz CT molecular complexity index is 567. The third-order valence-electron chi connectivity index (χ3n) is 3.81. The fraction of sp³-hybridized carbons (Fsp3) is 0.467. The highest BCUT2D eigenvalue weighted by Gasteiger charge is 2.30. The molecule has 0 radical (unpaired) electrons. The molecular formula is C15H18N2O4. The maximum atomic E-state index is 11.1. The average Bonchev–Trinajstić information content (AvgIpc) is 2.50. The number of aromatic hydroxyl groups is 1. The molecule has 112 valence electrons. The number of ether oxygens (including phenoxy) is 1. The van der Waals surface area contributed by atoms with Gasteiger partial charge in [-0.15, -0.1) is 0 Å². The topological polar surface area (TPSA) is 93.8 Å². The second kappa shape index (κ2) is 6.46. The number of phenols is 1. The van der Waals surface area contributed by atoms with Crippen LogP contribution in [0.1, 0.15) is 24.4 Å². The lowest BCUT2D eigenvalue weighted by molar-refractivity contribution is -0.143. The van der Waals surface area contributed by atoms with E-state index in [0.29, 0.717) is 30.8 Å². The summed E-state index contributed by atoms with van der Waals surface area (Å²) in [6.45, 7) is 1.04. The zero-order valence-electron chi connectivity index (χ0n) is 11.8. The molecule has 1 fully saturated rings. The number of benzene rings is 1. The van der Waals surface area contributed by atoms with E-state index in [0.717, 1.165) is 6.42 Å². The van der Waals surface area contributed by atoms with Crippen LogP contribution in [-0.4, -0.2) is 41.3 Å². The van der Waals surface area contributed by atoms with Gasteiger partial charge < -0.3 is 14.9 Å². The molecule has 2 unspecified atom stereocenters. The van der Waals surface area contributed by atoms with Gasteiger partial charge in [0.2, 0.25) is 0 Å². The van der Waals surface area contributed by atoms with Gasteiger partial charge in [-0.25, -0.2) is 0 Å². The first-order valence-electron chi connectivity index (χ1n) is 6.80. The highest BCUT2D eigenvalue weighted by atomic mass is 16.5. The van der Waals surface area contributed by atoms with Gasteiger partial charge in [0.25, 0.3) is 0 Å². The third-order valence-corrected chi connectivity index (χ3v) is 3.81. The molecule has 1 saturated heterocycles. The fourth-order valence-corrected chi connectivity index (χ4v) is 2.67. The number of carbonyl (C=O) groups is 1. The Labute approximate surface area is 123 Å². The van der Waals surface area contributed by atoms with Crippen molar-refractivity contribution in [3.05, 3.63) is 23.8 Å². The van der Waals surface area contributed by atoms with Gasteiger partial charge in [-0.1, -0.05) is 6.07 Å². The zero-order valence-corrected chi connectivity index (χ0v) is 11.8. The van der Waals surface area contributed by atoms with Crippen molar-refractivity contribution in [1.82, 2.24) is 4.90 Å². The summed E-state index contributed by atoms with van der Waals surface area (Å²) in [5.41, 5.74) is 0.693. The lowest BCUT2D eigenvalue weighted by Gasteiger charge is -2.34. The van der Waals surface area contributed by atoms with Crippen molar-refractivity contribution in [2.75, 3.05) is 20.2 Å². The Kier molecular flexibility index (Phi) is 4.66. The van der Waals surface area contributed by atoms with Crippen molar-refractivity contribution in [3.63, 3.8) is 0 Å². The number of aliphatic carboxylic acids is 1. The number of rotatable bonds is 4. The van der Waals surface area contributed by atoms with E-state index in [1.807, 2.05) is 4.90 Å². The van der Waals surface area contributed by atoms with Crippen LogP contribution in [0.5, 0.6) is 11.5 Å². The average molecular weight is 290 g/mol. The summed E-state index contributed by atoms with van der Waals surface area (Å²) in [7, 11) is 1.45. The van der Waals surface area contributed by atoms with Crippen LogP contribution in [0.4, 0.5) is 0 Å². The minimum atomic E-state index is -0.820. The molecule has 21 heavy (non-hydrogen) atoms. The minimum Gasteiger partial charge on any atom is -0.504 e. The molecule has 1 aromatic rings. The van der Waals surface area contributed by atoms with E-state index in [-0.39, 0.29) is 5.75 Å². The van der Waals surface area contributed by atoms with Crippen LogP contribution in [0.25, 0.3) is 0 Å². The lowest BCUT2D eigenvalue weighted by atomic mass is 9.95. The standard InChI is InChI=1S/C15H18N2O4/c1-21-14-7-10(4-5-13(14)18)12(8-16)17-6-2-3-11(9-17)15(19)20/h4-5,7,11-12,18H,2-3,6,9H2,1H3,(H,19,20). The molecule has 1 heterocycles. The Morgan fingerprint density at radius 3 is 2.95 bits per heavy atom. The van der Waals surface area contributed by atoms with Gasteiger partial charge in [0.15, 0.2) is 11.5 Å². The van der Waals surface area contributed by atoms with E-state index in [2.05, 4.69) is 6.07 Å². The Morgan fingerprint density at radius 2 is 2.33 bits per heavy atom. The third kappa shape index (κ3) is 3.26. The Balaban J connectivity index is 2.23. The molecule has 1 aromatic carbocycles. The molecular weight excluding hydrogens is 272 g/mol. The summed E-state index contributed by atoms with van der Waals surface area (Å²) in [4.78, 5) is 13.0. The van der Waals surface area contributed by atoms with E-state index < -0.39 is 17.9 Å². The molecule has 0 aromatic heterocycles. The number of nitriles is 1. The Hall–Kier alpha value is -2.26. The molecule has 2 atom stereocenters. The molecule has 0 spiro atoms. The molecule has 0 amide bonds. The van der Waals surface area contributed by atoms with Gasteiger partial charge in [-0.05, 0) is 37.1 Å². The number of hydrogen-bond acceptors (Lipinski definition) is 5. The zero-order chi connectivity index (χ0) is 15.4. The summed E-state index contributed by atoms with van der Waals surface area (Å²) in [5.74, 6) is -0.937. The number of likely N-dealkylation sites (tertiary alicyclic amines) is 1. The molecule has 1 aliphatic rings. The van der Waals surface area contributed by atoms with Gasteiger partial charge in [0.1, 0.15) is 6.04 Å². The number of phenolic OH excluding ortho intramolecular Hbond substituents is 1. The van der Waals surface area contributed by atoms with E-state index >= 15 is 0 Å². The molecule has 2 rings (SSSR count). The van der Waals surface area contributed by atoms with E-state index in [9.17, 15) is 15.2 Å². The molecule has 6 nitrogen and oxygen atoms in total. The van der Waals surface area contributed by atoms with Crippen molar-refractivity contribution >= 4 is 5.97 Å².